The van der Waals surface area contributed by atoms with Gasteiger partial charge in [-0.05, 0) is 40.5 Å². The van der Waals surface area contributed by atoms with Crippen molar-refractivity contribution in [1.29, 1.82) is 0 Å². The number of anilines is 3. The highest BCUT2D eigenvalue weighted by Gasteiger charge is 2.49. The average Bonchev–Trinajstić information content (AvgIpc) is 3.53. The van der Waals surface area contributed by atoms with Gasteiger partial charge in [0.05, 0.1) is 31.1 Å². The van der Waals surface area contributed by atoms with Crippen molar-refractivity contribution < 1.29 is 19.1 Å². The molecule has 0 spiro atoms. The first-order chi connectivity index (χ1) is 18.1. The van der Waals surface area contributed by atoms with Crippen molar-refractivity contribution in [3.8, 4) is 11.3 Å². The molecule has 1 amide bonds. The maximum Gasteiger partial charge on any atom is 0.321 e. The molecular weight excluding hydrogens is 488 g/mol. The smallest absolute Gasteiger partial charge is 0.321 e. The van der Waals surface area contributed by atoms with Gasteiger partial charge < -0.3 is 29.9 Å². The second-order valence-corrected chi connectivity index (χ2v) is 10.8. The van der Waals surface area contributed by atoms with Crippen LogP contribution in [0, 0.1) is 5.41 Å². The van der Waals surface area contributed by atoms with E-state index in [4.69, 9.17) is 25.2 Å². The minimum atomic E-state index is -1.24. The highest BCUT2D eigenvalue weighted by Crippen LogP contribution is 2.42. The molecule has 5 heterocycles. The normalized spacial score (nSPS) is 21.5. The molecule has 2 fully saturated rings. The molecule has 2 saturated heterocycles. The van der Waals surface area contributed by atoms with Crippen LogP contribution in [-0.2, 0) is 25.5 Å². The molecule has 0 aliphatic carbocycles. The molecule has 3 aliphatic heterocycles. The molecule has 1 atom stereocenters. The van der Waals surface area contributed by atoms with Crippen LogP contribution in [0.3, 0.4) is 0 Å². The lowest BCUT2D eigenvalue weighted by atomic mass is 9.91. The maximum atomic E-state index is 13.4. The molecule has 12 nitrogen and oxygen atoms in total. The Morgan fingerprint density at radius 1 is 1.13 bits per heavy atom. The molecule has 5 rings (SSSR count). The fourth-order valence-corrected chi connectivity index (χ4v) is 5.51. The molecule has 0 saturated carbocycles. The number of rotatable bonds is 6. The number of esters is 1. The SMILES string of the molecule is CCOC(=O)C(C)(C)C(=O)N1CC[C@](C)(N2CCc3c(-c4cnc(N)nc4)nc(N4CCOCC4)nc32)C1. The third-order valence-corrected chi connectivity index (χ3v) is 7.76. The van der Waals surface area contributed by atoms with Gasteiger partial charge >= 0.3 is 5.97 Å². The number of morpholine rings is 1. The number of hydrogen-bond donors (Lipinski definition) is 1. The van der Waals surface area contributed by atoms with Crippen LogP contribution in [0.4, 0.5) is 17.7 Å². The lowest BCUT2D eigenvalue weighted by Gasteiger charge is -2.38. The first kappa shape index (κ1) is 26.1. The number of fused-ring (bicyclic) bond motifs is 1. The van der Waals surface area contributed by atoms with Crippen molar-refractivity contribution in [2.75, 3.05) is 68.1 Å². The summed E-state index contributed by atoms with van der Waals surface area (Å²) in [6.45, 7) is 11.9. The van der Waals surface area contributed by atoms with Crippen LogP contribution in [0.25, 0.3) is 11.3 Å². The number of aromatic nitrogens is 4. The summed E-state index contributed by atoms with van der Waals surface area (Å²) in [5.41, 5.74) is 6.78. The Kier molecular flexibility index (Phi) is 6.84. The van der Waals surface area contributed by atoms with E-state index in [1.807, 2.05) is 0 Å². The fourth-order valence-electron chi connectivity index (χ4n) is 5.51. The van der Waals surface area contributed by atoms with Gasteiger partial charge in [0.1, 0.15) is 11.2 Å². The monoisotopic (exact) mass is 524 g/mol. The van der Waals surface area contributed by atoms with E-state index in [0.29, 0.717) is 45.3 Å². The second kappa shape index (κ2) is 9.97. The van der Waals surface area contributed by atoms with Crippen LogP contribution in [0.5, 0.6) is 0 Å². The summed E-state index contributed by atoms with van der Waals surface area (Å²) in [7, 11) is 0. The summed E-state index contributed by atoms with van der Waals surface area (Å²) in [6.07, 6.45) is 4.92. The van der Waals surface area contributed by atoms with E-state index in [1.165, 1.54) is 0 Å². The minimum absolute atomic E-state index is 0.212. The highest BCUT2D eigenvalue weighted by molar-refractivity contribution is 6.02. The molecule has 0 radical (unpaired) electrons. The quantitative estimate of drug-likeness (QED) is 0.432. The zero-order chi connectivity index (χ0) is 27.1. The Morgan fingerprint density at radius 2 is 1.84 bits per heavy atom. The summed E-state index contributed by atoms with van der Waals surface area (Å²) >= 11 is 0. The Bertz CT molecular complexity index is 1210. The van der Waals surface area contributed by atoms with Crippen LogP contribution < -0.4 is 15.5 Å². The zero-order valence-electron chi connectivity index (χ0n) is 22.6. The van der Waals surface area contributed by atoms with Crippen molar-refractivity contribution in [1.82, 2.24) is 24.8 Å². The van der Waals surface area contributed by atoms with Gasteiger partial charge in [0.15, 0.2) is 0 Å². The van der Waals surface area contributed by atoms with Gasteiger partial charge in [-0.15, -0.1) is 0 Å². The van der Waals surface area contributed by atoms with Gasteiger partial charge in [-0.25, -0.2) is 15.0 Å². The topological polar surface area (TPSA) is 140 Å². The molecule has 204 valence electrons. The predicted octanol–water partition coefficient (Wildman–Crippen LogP) is 1.30. The number of carbonyl (C=O) groups excluding carboxylic acids is 2. The molecule has 0 bridgehead atoms. The summed E-state index contributed by atoms with van der Waals surface area (Å²) < 4.78 is 10.7. The number of carbonyl (C=O) groups is 2. The van der Waals surface area contributed by atoms with Gasteiger partial charge in [-0.2, -0.15) is 4.98 Å². The number of hydrogen-bond acceptors (Lipinski definition) is 11. The van der Waals surface area contributed by atoms with E-state index in [0.717, 1.165) is 42.0 Å². The third kappa shape index (κ3) is 4.61. The van der Waals surface area contributed by atoms with Crippen molar-refractivity contribution in [3.63, 3.8) is 0 Å². The number of nitrogens with zero attached hydrogens (tertiary/aromatic N) is 7. The zero-order valence-corrected chi connectivity index (χ0v) is 22.6. The van der Waals surface area contributed by atoms with Crippen LogP contribution in [0.1, 0.15) is 39.7 Å². The standard InChI is InChI=1S/C26H36N8O4/c1-5-38-22(36)25(2,3)21(35)33-9-7-26(4,16-33)34-8-6-18-19(17-14-28-23(27)29-15-17)30-24(31-20(18)34)32-10-12-37-13-11-32/h14-15H,5-13,16H2,1-4H3,(H2,27,28,29)/t26-/m0/s1. The summed E-state index contributed by atoms with van der Waals surface area (Å²) in [5, 5.41) is 0. The number of nitrogens with two attached hydrogens (primary N) is 1. The second-order valence-electron chi connectivity index (χ2n) is 10.8. The molecule has 38 heavy (non-hydrogen) atoms. The van der Waals surface area contributed by atoms with Crippen LogP contribution in [-0.4, -0.2) is 94.8 Å². The average molecular weight is 525 g/mol. The Labute approximate surface area is 222 Å². The van der Waals surface area contributed by atoms with Crippen molar-refractivity contribution in [3.05, 3.63) is 18.0 Å². The minimum Gasteiger partial charge on any atom is -0.465 e. The summed E-state index contributed by atoms with van der Waals surface area (Å²) in [5.74, 6) is 1.01. The summed E-state index contributed by atoms with van der Waals surface area (Å²) in [4.78, 5) is 50.5. The molecule has 3 aliphatic rings. The molecule has 2 aromatic heterocycles. The first-order valence-corrected chi connectivity index (χ1v) is 13.2. The number of nitrogen functional groups attached to an aromatic ring is 1. The van der Waals surface area contributed by atoms with Crippen molar-refractivity contribution >= 4 is 29.6 Å². The van der Waals surface area contributed by atoms with Gasteiger partial charge in [0, 0.05) is 56.2 Å². The molecular formula is C26H36N8O4. The number of amides is 1. The molecule has 0 unspecified atom stereocenters. The predicted molar refractivity (Wildman–Crippen MR) is 142 cm³/mol. The van der Waals surface area contributed by atoms with E-state index in [-0.39, 0.29) is 24.0 Å². The van der Waals surface area contributed by atoms with E-state index in [2.05, 4.69) is 26.7 Å². The van der Waals surface area contributed by atoms with E-state index < -0.39 is 11.4 Å². The van der Waals surface area contributed by atoms with Gasteiger partial charge in [0.2, 0.25) is 17.8 Å². The number of likely N-dealkylation sites (tertiary alicyclic amines) is 1. The molecule has 2 aromatic rings. The van der Waals surface area contributed by atoms with Crippen LogP contribution in [0.2, 0.25) is 0 Å². The molecule has 2 N–H and O–H groups in total. The Balaban J connectivity index is 1.47. The fraction of sp³-hybridized carbons (Fsp3) is 0.615. The largest absolute Gasteiger partial charge is 0.465 e. The maximum absolute atomic E-state index is 13.4. The third-order valence-electron chi connectivity index (χ3n) is 7.76. The Morgan fingerprint density at radius 3 is 2.53 bits per heavy atom. The van der Waals surface area contributed by atoms with Gasteiger partial charge in [0.25, 0.3) is 0 Å². The van der Waals surface area contributed by atoms with Gasteiger partial charge in [-0.1, -0.05) is 0 Å². The van der Waals surface area contributed by atoms with Gasteiger partial charge in [-0.3, -0.25) is 9.59 Å². The Hall–Kier alpha value is -3.54. The van der Waals surface area contributed by atoms with Crippen LogP contribution >= 0.6 is 0 Å². The van der Waals surface area contributed by atoms with E-state index in [1.54, 1.807) is 38.1 Å². The molecule has 0 aromatic carbocycles. The first-order valence-electron chi connectivity index (χ1n) is 13.2. The van der Waals surface area contributed by atoms with Crippen molar-refractivity contribution in [2.45, 2.75) is 46.1 Å². The number of ether oxygens (including phenoxy) is 2. The van der Waals surface area contributed by atoms with E-state index in [9.17, 15) is 9.59 Å². The van der Waals surface area contributed by atoms with Crippen LogP contribution in [0.15, 0.2) is 12.4 Å². The molecule has 12 heteroatoms. The lowest BCUT2D eigenvalue weighted by Crippen LogP contribution is -2.51. The summed E-state index contributed by atoms with van der Waals surface area (Å²) in [6, 6.07) is 0. The van der Waals surface area contributed by atoms with Crippen molar-refractivity contribution in [2.24, 2.45) is 5.41 Å². The lowest BCUT2D eigenvalue weighted by molar-refractivity contribution is -0.162. The highest BCUT2D eigenvalue weighted by atomic mass is 16.5. The van der Waals surface area contributed by atoms with E-state index >= 15 is 0 Å².